The number of hydrogen-bond donors (Lipinski definition) is 1. The molecule has 0 spiro atoms. The minimum absolute atomic E-state index is 0.227. The number of nitrogens with zero attached hydrogens (tertiary/aromatic N) is 3. The van der Waals surface area contributed by atoms with E-state index in [0.717, 1.165) is 20.7 Å². The van der Waals surface area contributed by atoms with Crippen LogP contribution in [0.15, 0.2) is 71.5 Å². The number of halogens is 1. The van der Waals surface area contributed by atoms with E-state index in [1.54, 1.807) is 36.7 Å². The smallest absolute Gasteiger partial charge is 0.262 e. The van der Waals surface area contributed by atoms with Gasteiger partial charge in [0.05, 0.1) is 16.3 Å². The molecule has 0 aliphatic heterocycles. The number of aromatic nitrogens is 3. The van der Waals surface area contributed by atoms with Crippen molar-refractivity contribution in [2.75, 3.05) is 5.32 Å². The molecule has 0 aliphatic rings. The average molecular weight is 467 g/mol. The maximum atomic E-state index is 12.8. The second-order valence-electron chi connectivity index (χ2n) is 6.01. The van der Waals surface area contributed by atoms with Crippen molar-refractivity contribution in [2.45, 2.75) is 6.92 Å². The Balaban J connectivity index is 1.56. The fraction of sp³-hybridized carbons (Fsp3) is 0.0476. The minimum atomic E-state index is -0.341. The van der Waals surface area contributed by atoms with Gasteiger partial charge in [-0.2, -0.15) is 0 Å². The van der Waals surface area contributed by atoms with Gasteiger partial charge in [-0.25, -0.2) is 9.97 Å². The standard InChI is InChI=1S/C21H15BrN4O2S/c1-13-18(17-6-2-3-11-23-17)29-21(25-13)26-19(27)16-5-4-12-24-20(16)28-15-9-7-14(22)8-10-15/h2-12H,1H3,(H,25,26,27). The number of rotatable bonds is 5. The maximum Gasteiger partial charge on any atom is 0.262 e. The van der Waals surface area contributed by atoms with E-state index in [9.17, 15) is 4.79 Å². The zero-order valence-electron chi connectivity index (χ0n) is 15.3. The molecule has 4 aromatic rings. The highest BCUT2D eigenvalue weighted by Gasteiger charge is 2.18. The van der Waals surface area contributed by atoms with Gasteiger partial charge in [0.15, 0.2) is 5.13 Å². The van der Waals surface area contributed by atoms with Gasteiger partial charge in [0.25, 0.3) is 5.91 Å². The summed E-state index contributed by atoms with van der Waals surface area (Å²) in [6.45, 7) is 1.89. The third-order valence-electron chi connectivity index (χ3n) is 3.96. The molecular formula is C21H15BrN4O2S. The Kier molecular flexibility index (Phi) is 5.64. The van der Waals surface area contributed by atoms with Gasteiger partial charge in [-0.1, -0.05) is 33.3 Å². The van der Waals surface area contributed by atoms with Crippen LogP contribution < -0.4 is 10.1 Å². The first-order valence-corrected chi connectivity index (χ1v) is 10.3. The normalized spacial score (nSPS) is 10.6. The second kappa shape index (κ2) is 8.50. The molecule has 0 fully saturated rings. The van der Waals surface area contributed by atoms with Gasteiger partial charge in [-0.15, -0.1) is 0 Å². The molecule has 0 unspecified atom stereocenters. The molecule has 6 nitrogen and oxygen atoms in total. The number of thiazole rings is 1. The molecule has 3 aromatic heterocycles. The highest BCUT2D eigenvalue weighted by Crippen LogP contribution is 2.32. The van der Waals surface area contributed by atoms with Crippen LogP contribution in [0.4, 0.5) is 5.13 Å². The molecule has 0 saturated heterocycles. The lowest BCUT2D eigenvalue weighted by molar-refractivity contribution is 0.102. The van der Waals surface area contributed by atoms with E-state index in [-0.39, 0.29) is 11.8 Å². The Hall–Kier alpha value is -3.10. The first kappa shape index (κ1) is 19.2. The molecule has 1 N–H and O–H groups in total. The maximum absolute atomic E-state index is 12.8. The number of pyridine rings is 2. The van der Waals surface area contributed by atoms with Crippen LogP contribution in [0, 0.1) is 6.92 Å². The molecule has 0 bridgehead atoms. The van der Waals surface area contributed by atoms with Gasteiger partial charge in [-0.3, -0.25) is 15.1 Å². The highest BCUT2D eigenvalue weighted by molar-refractivity contribution is 9.10. The van der Waals surface area contributed by atoms with Crippen molar-refractivity contribution in [3.63, 3.8) is 0 Å². The third kappa shape index (κ3) is 4.49. The van der Waals surface area contributed by atoms with Crippen LogP contribution in [0.5, 0.6) is 11.6 Å². The zero-order valence-corrected chi connectivity index (χ0v) is 17.7. The van der Waals surface area contributed by atoms with Gasteiger partial charge < -0.3 is 4.74 Å². The number of anilines is 1. The molecule has 8 heteroatoms. The number of nitrogens with one attached hydrogen (secondary N) is 1. The Morgan fingerprint density at radius 3 is 2.59 bits per heavy atom. The molecule has 29 heavy (non-hydrogen) atoms. The van der Waals surface area contributed by atoms with E-state index in [2.05, 4.69) is 36.2 Å². The minimum Gasteiger partial charge on any atom is -0.438 e. The number of hydrogen-bond acceptors (Lipinski definition) is 6. The predicted molar refractivity (Wildman–Crippen MR) is 116 cm³/mol. The number of carbonyl (C=O) groups is 1. The summed E-state index contributed by atoms with van der Waals surface area (Å²) in [6.07, 6.45) is 3.31. The highest BCUT2D eigenvalue weighted by atomic mass is 79.9. The lowest BCUT2D eigenvalue weighted by Gasteiger charge is -2.09. The van der Waals surface area contributed by atoms with Gasteiger partial charge in [-0.05, 0) is 55.5 Å². The Labute approximate surface area is 179 Å². The number of carbonyl (C=O) groups excluding carboxylic acids is 1. The number of ether oxygens (including phenoxy) is 1. The summed E-state index contributed by atoms with van der Waals surface area (Å²) < 4.78 is 6.74. The largest absolute Gasteiger partial charge is 0.438 e. The zero-order chi connectivity index (χ0) is 20.2. The molecule has 1 aromatic carbocycles. The van der Waals surface area contributed by atoms with E-state index >= 15 is 0 Å². The summed E-state index contributed by atoms with van der Waals surface area (Å²) in [7, 11) is 0. The Morgan fingerprint density at radius 2 is 1.83 bits per heavy atom. The van der Waals surface area contributed by atoms with Crippen LogP contribution in [0.25, 0.3) is 10.6 Å². The van der Waals surface area contributed by atoms with Crippen molar-refractivity contribution in [3.8, 4) is 22.2 Å². The SMILES string of the molecule is Cc1nc(NC(=O)c2cccnc2Oc2ccc(Br)cc2)sc1-c1ccccn1. The van der Waals surface area contributed by atoms with Gasteiger partial charge in [0.1, 0.15) is 11.3 Å². The molecular weight excluding hydrogens is 452 g/mol. The fourth-order valence-electron chi connectivity index (χ4n) is 2.61. The van der Waals surface area contributed by atoms with E-state index in [4.69, 9.17) is 4.74 Å². The molecule has 0 radical (unpaired) electrons. The summed E-state index contributed by atoms with van der Waals surface area (Å²) in [5.41, 5.74) is 1.95. The van der Waals surface area contributed by atoms with Crippen molar-refractivity contribution in [3.05, 3.63) is 82.7 Å². The molecule has 0 saturated carbocycles. The van der Waals surface area contributed by atoms with Crippen LogP contribution in [0.3, 0.4) is 0 Å². The first-order valence-electron chi connectivity index (χ1n) is 8.69. The summed E-state index contributed by atoms with van der Waals surface area (Å²) >= 11 is 4.76. The number of aryl methyl sites for hydroxylation is 1. The molecule has 0 aliphatic carbocycles. The second-order valence-corrected chi connectivity index (χ2v) is 7.93. The van der Waals surface area contributed by atoms with E-state index < -0.39 is 0 Å². The van der Waals surface area contributed by atoms with Crippen molar-refractivity contribution in [2.24, 2.45) is 0 Å². The number of amides is 1. The van der Waals surface area contributed by atoms with Crippen LogP contribution >= 0.6 is 27.3 Å². The molecule has 4 rings (SSSR count). The van der Waals surface area contributed by atoms with E-state index in [1.807, 2.05) is 37.3 Å². The fourth-order valence-corrected chi connectivity index (χ4v) is 3.81. The number of benzene rings is 1. The average Bonchev–Trinajstić information content (AvgIpc) is 3.10. The topological polar surface area (TPSA) is 77.0 Å². The first-order chi connectivity index (χ1) is 14.1. The molecule has 1 amide bonds. The monoisotopic (exact) mass is 466 g/mol. The summed E-state index contributed by atoms with van der Waals surface area (Å²) in [6, 6.07) is 16.3. The summed E-state index contributed by atoms with van der Waals surface area (Å²) in [5.74, 6) is 0.473. The van der Waals surface area contributed by atoms with Crippen LogP contribution in [0.1, 0.15) is 16.1 Å². The van der Waals surface area contributed by atoms with Crippen LogP contribution in [-0.2, 0) is 0 Å². The Morgan fingerprint density at radius 1 is 1.03 bits per heavy atom. The van der Waals surface area contributed by atoms with Crippen LogP contribution in [-0.4, -0.2) is 20.9 Å². The lowest BCUT2D eigenvalue weighted by Crippen LogP contribution is -2.13. The molecule has 3 heterocycles. The lowest BCUT2D eigenvalue weighted by atomic mass is 10.2. The quantitative estimate of drug-likeness (QED) is 0.407. The van der Waals surface area contributed by atoms with Crippen molar-refractivity contribution in [1.29, 1.82) is 0 Å². The van der Waals surface area contributed by atoms with E-state index in [0.29, 0.717) is 16.4 Å². The van der Waals surface area contributed by atoms with E-state index in [1.165, 1.54) is 11.3 Å². The van der Waals surface area contributed by atoms with Crippen molar-refractivity contribution in [1.82, 2.24) is 15.0 Å². The van der Waals surface area contributed by atoms with Gasteiger partial charge >= 0.3 is 0 Å². The summed E-state index contributed by atoms with van der Waals surface area (Å²) in [4.78, 5) is 26.8. The predicted octanol–water partition coefficient (Wildman–Crippen LogP) is 5.72. The Bertz CT molecular complexity index is 1150. The van der Waals surface area contributed by atoms with Gasteiger partial charge in [0, 0.05) is 16.9 Å². The molecule has 0 atom stereocenters. The van der Waals surface area contributed by atoms with Crippen LogP contribution in [0.2, 0.25) is 0 Å². The van der Waals surface area contributed by atoms with Gasteiger partial charge in [0.2, 0.25) is 5.88 Å². The van der Waals surface area contributed by atoms with Crippen molar-refractivity contribution < 1.29 is 9.53 Å². The third-order valence-corrected chi connectivity index (χ3v) is 5.58. The summed E-state index contributed by atoms with van der Waals surface area (Å²) in [5, 5.41) is 3.33. The van der Waals surface area contributed by atoms with Crippen molar-refractivity contribution >= 4 is 38.3 Å². The molecule has 144 valence electrons.